The average molecular weight is 309 g/mol. The van der Waals surface area contributed by atoms with Crippen LogP contribution in [0.3, 0.4) is 0 Å². The first kappa shape index (κ1) is 14.7. The zero-order valence-corrected chi connectivity index (χ0v) is 11.3. The number of anilines is 1. The molecule has 0 saturated heterocycles. The Morgan fingerprint density at radius 2 is 2.14 bits per heavy atom. The monoisotopic (exact) mass is 308 g/mol. The molecule has 0 aliphatic heterocycles. The van der Waals surface area contributed by atoms with Crippen molar-refractivity contribution in [2.45, 2.75) is 0 Å². The van der Waals surface area contributed by atoms with E-state index in [9.17, 15) is 9.18 Å². The number of aromatic nitrogens is 1. The second-order valence-corrected chi connectivity index (χ2v) is 4.40. The molecule has 0 spiro atoms. The number of hydrogen-bond acceptors (Lipinski definition) is 4. The molecule has 4 N–H and O–H groups in total. The Bertz CT molecular complexity index is 704. The fourth-order valence-electron chi connectivity index (χ4n) is 1.53. The maximum Gasteiger partial charge on any atom is 0.274 e. The number of oxime groups is 1. The Labute approximate surface area is 124 Å². The van der Waals surface area contributed by atoms with E-state index in [1.54, 1.807) is 0 Å². The minimum atomic E-state index is -0.562. The summed E-state index contributed by atoms with van der Waals surface area (Å²) in [6.07, 6.45) is 0.934. The van der Waals surface area contributed by atoms with Gasteiger partial charge < -0.3 is 16.3 Å². The van der Waals surface area contributed by atoms with Crippen molar-refractivity contribution in [3.8, 4) is 0 Å². The number of nitrogens with one attached hydrogen (secondary N) is 1. The van der Waals surface area contributed by atoms with Crippen LogP contribution in [0.5, 0.6) is 0 Å². The zero-order chi connectivity index (χ0) is 15.4. The SMILES string of the molecule is N/C(=N/O)c1ccc(Cl)c(NC(=O)c2ccc(F)cn2)c1. The van der Waals surface area contributed by atoms with Gasteiger partial charge in [0.15, 0.2) is 5.84 Å². The van der Waals surface area contributed by atoms with Crippen molar-refractivity contribution in [1.29, 1.82) is 0 Å². The van der Waals surface area contributed by atoms with Gasteiger partial charge in [-0.05, 0) is 30.3 Å². The lowest BCUT2D eigenvalue weighted by Gasteiger charge is -2.08. The van der Waals surface area contributed by atoms with Crippen LogP contribution in [0.4, 0.5) is 10.1 Å². The van der Waals surface area contributed by atoms with Crippen LogP contribution < -0.4 is 11.1 Å². The number of carbonyl (C=O) groups excluding carboxylic acids is 1. The number of carbonyl (C=O) groups is 1. The molecule has 1 amide bonds. The molecule has 0 fully saturated rings. The van der Waals surface area contributed by atoms with Gasteiger partial charge in [0.2, 0.25) is 0 Å². The van der Waals surface area contributed by atoms with E-state index in [1.165, 1.54) is 24.3 Å². The summed E-state index contributed by atoms with van der Waals surface area (Å²) in [5.74, 6) is -1.23. The molecule has 2 aromatic rings. The van der Waals surface area contributed by atoms with Gasteiger partial charge in [-0.15, -0.1) is 0 Å². The molecule has 1 aromatic heterocycles. The number of rotatable bonds is 3. The lowest BCUT2D eigenvalue weighted by atomic mass is 10.2. The molecule has 0 aliphatic carbocycles. The third kappa shape index (κ3) is 3.46. The smallest absolute Gasteiger partial charge is 0.274 e. The Morgan fingerprint density at radius 1 is 1.38 bits per heavy atom. The number of nitrogens with zero attached hydrogens (tertiary/aromatic N) is 2. The molecule has 21 heavy (non-hydrogen) atoms. The molecule has 108 valence electrons. The van der Waals surface area contributed by atoms with Crippen LogP contribution in [0, 0.1) is 5.82 Å². The quantitative estimate of drug-likeness (QED) is 0.350. The van der Waals surface area contributed by atoms with Gasteiger partial charge in [0.05, 0.1) is 16.9 Å². The molecule has 0 bridgehead atoms. The van der Waals surface area contributed by atoms with Gasteiger partial charge in [-0.25, -0.2) is 9.37 Å². The second-order valence-electron chi connectivity index (χ2n) is 4.00. The third-order valence-corrected chi connectivity index (χ3v) is 2.91. The molecular formula is C13H10ClFN4O2. The normalized spacial score (nSPS) is 11.2. The fourth-order valence-corrected chi connectivity index (χ4v) is 1.70. The van der Waals surface area contributed by atoms with Gasteiger partial charge in [0.25, 0.3) is 5.91 Å². The zero-order valence-electron chi connectivity index (χ0n) is 10.5. The highest BCUT2D eigenvalue weighted by Gasteiger charge is 2.11. The number of amides is 1. The number of benzene rings is 1. The molecule has 6 nitrogen and oxygen atoms in total. The van der Waals surface area contributed by atoms with E-state index in [1.807, 2.05) is 0 Å². The highest BCUT2D eigenvalue weighted by Crippen LogP contribution is 2.23. The number of halogens is 2. The van der Waals surface area contributed by atoms with E-state index >= 15 is 0 Å². The first-order valence-electron chi connectivity index (χ1n) is 5.71. The van der Waals surface area contributed by atoms with Gasteiger partial charge in [0, 0.05) is 5.56 Å². The fraction of sp³-hybridized carbons (Fsp3) is 0. The van der Waals surface area contributed by atoms with Crippen LogP contribution in [-0.4, -0.2) is 21.9 Å². The molecule has 8 heteroatoms. The van der Waals surface area contributed by atoms with Crippen LogP contribution in [0.25, 0.3) is 0 Å². The van der Waals surface area contributed by atoms with Crippen molar-refractivity contribution >= 4 is 29.0 Å². The van der Waals surface area contributed by atoms with E-state index in [0.29, 0.717) is 5.56 Å². The summed E-state index contributed by atoms with van der Waals surface area (Å²) in [6, 6.07) is 6.83. The molecule has 0 aliphatic rings. The maximum absolute atomic E-state index is 12.8. The van der Waals surface area contributed by atoms with Crippen molar-refractivity contribution in [2.24, 2.45) is 10.9 Å². The first-order valence-corrected chi connectivity index (χ1v) is 6.09. The summed E-state index contributed by atoms with van der Waals surface area (Å²) in [6.45, 7) is 0. The van der Waals surface area contributed by atoms with E-state index in [4.69, 9.17) is 22.5 Å². The van der Waals surface area contributed by atoms with Crippen molar-refractivity contribution in [3.63, 3.8) is 0 Å². The van der Waals surface area contributed by atoms with E-state index in [-0.39, 0.29) is 22.2 Å². The molecule has 1 aromatic carbocycles. The van der Waals surface area contributed by atoms with Crippen molar-refractivity contribution in [1.82, 2.24) is 4.98 Å². The van der Waals surface area contributed by atoms with Gasteiger partial charge >= 0.3 is 0 Å². The Kier molecular flexibility index (Phi) is 4.34. The summed E-state index contributed by atoms with van der Waals surface area (Å²) < 4.78 is 12.8. The second kappa shape index (κ2) is 6.19. The minimum Gasteiger partial charge on any atom is -0.409 e. The third-order valence-electron chi connectivity index (χ3n) is 2.58. The summed E-state index contributed by atoms with van der Waals surface area (Å²) >= 11 is 5.96. The van der Waals surface area contributed by atoms with Crippen molar-refractivity contribution < 1.29 is 14.4 Å². The standard InChI is InChI=1S/C13H10ClFN4O2/c14-9-3-1-7(12(16)19-21)5-11(9)18-13(20)10-4-2-8(15)6-17-10/h1-6,21H,(H2,16,19)(H,18,20). The summed E-state index contributed by atoms with van der Waals surface area (Å²) in [5.41, 5.74) is 6.13. The highest BCUT2D eigenvalue weighted by atomic mass is 35.5. The Hall–Kier alpha value is -2.67. The topological polar surface area (TPSA) is 101 Å². The van der Waals surface area contributed by atoms with E-state index in [0.717, 1.165) is 12.3 Å². The number of pyridine rings is 1. The van der Waals surface area contributed by atoms with E-state index < -0.39 is 11.7 Å². The lowest BCUT2D eigenvalue weighted by molar-refractivity contribution is 0.102. The van der Waals surface area contributed by atoms with Crippen LogP contribution in [-0.2, 0) is 0 Å². The first-order chi connectivity index (χ1) is 10.0. The largest absolute Gasteiger partial charge is 0.409 e. The summed E-state index contributed by atoms with van der Waals surface area (Å²) in [4.78, 5) is 15.6. The number of amidine groups is 1. The minimum absolute atomic E-state index is 0.0293. The molecule has 0 unspecified atom stereocenters. The van der Waals surface area contributed by atoms with Crippen LogP contribution in [0.2, 0.25) is 5.02 Å². The summed E-state index contributed by atoms with van der Waals surface area (Å²) in [5, 5.41) is 14.3. The van der Waals surface area contributed by atoms with Crippen LogP contribution in [0.15, 0.2) is 41.7 Å². The molecule has 0 saturated carbocycles. The molecule has 0 atom stereocenters. The highest BCUT2D eigenvalue weighted by molar-refractivity contribution is 6.34. The molecular weight excluding hydrogens is 299 g/mol. The predicted molar refractivity (Wildman–Crippen MR) is 76.1 cm³/mol. The maximum atomic E-state index is 12.8. The van der Waals surface area contributed by atoms with Gasteiger partial charge in [-0.3, -0.25) is 4.79 Å². The predicted octanol–water partition coefficient (Wildman–Crippen LogP) is 2.22. The Balaban J connectivity index is 2.26. The molecule has 0 radical (unpaired) electrons. The van der Waals surface area contributed by atoms with E-state index in [2.05, 4.69) is 15.5 Å². The van der Waals surface area contributed by atoms with Crippen LogP contribution in [0.1, 0.15) is 16.1 Å². The lowest BCUT2D eigenvalue weighted by Crippen LogP contribution is -2.16. The average Bonchev–Trinajstić information content (AvgIpc) is 2.49. The molecule has 2 rings (SSSR count). The van der Waals surface area contributed by atoms with Gasteiger partial charge in [0.1, 0.15) is 11.5 Å². The number of hydrogen-bond donors (Lipinski definition) is 3. The van der Waals surface area contributed by atoms with Crippen molar-refractivity contribution in [2.75, 3.05) is 5.32 Å². The van der Waals surface area contributed by atoms with Gasteiger partial charge in [-0.1, -0.05) is 16.8 Å². The molecule has 1 heterocycles. The van der Waals surface area contributed by atoms with Crippen molar-refractivity contribution in [3.05, 3.63) is 58.6 Å². The van der Waals surface area contributed by atoms with Gasteiger partial charge in [-0.2, -0.15) is 0 Å². The number of nitrogens with two attached hydrogens (primary N) is 1. The summed E-state index contributed by atoms with van der Waals surface area (Å²) in [7, 11) is 0. The Morgan fingerprint density at radius 3 is 2.76 bits per heavy atom. The van der Waals surface area contributed by atoms with Crippen LogP contribution >= 0.6 is 11.6 Å².